The lowest BCUT2D eigenvalue weighted by molar-refractivity contribution is -0.116. The summed E-state index contributed by atoms with van der Waals surface area (Å²) in [7, 11) is 3.16. The monoisotopic (exact) mass is 488 g/mol. The fourth-order valence-electron chi connectivity index (χ4n) is 2.87. The van der Waals surface area contributed by atoms with Crippen molar-refractivity contribution in [3.63, 3.8) is 0 Å². The summed E-state index contributed by atoms with van der Waals surface area (Å²) in [4.78, 5) is 13.1. The van der Waals surface area contributed by atoms with E-state index in [0.717, 1.165) is 16.8 Å². The summed E-state index contributed by atoms with van der Waals surface area (Å²) in [6, 6.07) is 9.48. The van der Waals surface area contributed by atoms with Crippen LogP contribution in [-0.4, -0.2) is 32.2 Å². The molecule has 30 heavy (non-hydrogen) atoms. The third-order valence-corrected chi connectivity index (χ3v) is 5.84. The number of ether oxygens (including phenoxy) is 3. The molecule has 2 aromatic rings. The van der Waals surface area contributed by atoms with E-state index < -0.39 is 0 Å². The minimum absolute atomic E-state index is 0.128. The first-order chi connectivity index (χ1) is 14.4. The lowest BCUT2D eigenvalue weighted by Gasteiger charge is -2.16. The molecule has 0 bridgehead atoms. The molecule has 1 atom stereocenters. The molecule has 0 saturated carbocycles. The summed E-state index contributed by atoms with van der Waals surface area (Å²) in [6.45, 7) is 2.13. The number of anilines is 1. The standard InChI is InChI=1S/C22H21BrN2O4S/c1-5-8-29-20-15(23)10-14(11-18(20)28-4)12-19-21(26)25-22(30-19)24-16-9-13(2)6-7-17(16)27-3/h1,6-7,9-12,22,24H,8H2,2-4H3,(H,25,26)/b19-12-. The van der Waals surface area contributed by atoms with Crippen molar-refractivity contribution in [1.29, 1.82) is 0 Å². The Labute approximate surface area is 188 Å². The van der Waals surface area contributed by atoms with Crippen molar-refractivity contribution in [1.82, 2.24) is 5.32 Å². The molecule has 3 rings (SSSR count). The van der Waals surface area contributed by atoms with Crippen LogP contribution in [0.4, 0.5) is 5.69 Å². The van der Waals surface area contributed by atoms with Gasteiger partial charge in [-0.25, -0.2) is 0 Å². The molecular formula is C22H21BrN2O4S. The van der Waals surface area contributed by atoms with E-state index in [2.05, 4.69) is 32.5 Å². The second kappa shape index (κ2) is 9.83. The van der Waals surface area contributed by atoms with Gasteiger partial charge in [-0.05, 0) is 64.3 Å². The Morgan fingerprint density at radius 3 is 2.73 bits per heavy atom. The highest BCUT2D eigenvalue weighted by molar-refractivity contribution is 9.10. The number of terminal acetylenes is 1. The molecule has 0 spiro atoms. The zero-order valence-electron chi connectivity index (χ0n) is 16.7. The number of thioether (sulfide) groups is 1. The van der Waals surface area contributed by atoms with E-state index >= 15 is 0 Å². The van der Waals surface area contributed by atoms with Crippen molar-refractivity contribution in [2.45, 2.75) is 12.4 Å². The Morgan fingerprint density at radius 2 is 2.03 bits per heavy atom. The molecule has 1 aliphatic heterocycles. The smallest absolute Gasteiger partial charge is 0.260 e. The molecule has 0 aliphatic carbocycles. The van der Waals surface area contributed by atoms with Gasteiger partial charge >= 0.3 is 0 Å². The molecule has 1 unspecified atom stereocenters. The number of hydrogen-bond acceptors (Lipinski definition) is 6. The highest BCUT2D eigenvalue weighted by atomic mass is 79.9. The Kier molecular flexibility index (Phi) is 7.19. The summed E-state index contributed by atoms with van der Waals surface area (Å²) in [5.74, 6) is 4.02. The fraction of sp³-hybridized carbons (Fsp3) is 0.227. The molecule has 8 heteroatoms. The summed E-state index contributed by atoms with van der Waals surface area (Å²) in [6.07, 6.45) is 7.06. The average molecular weight is 489 g/mol. The van der Waals surface area contributed by atoms with E-state index in [1.807, 2.05) is 31.2 Å². The number of rotatable bonds is 7. The van der Waals surface area contributed by atoms with Crippen molar-refractivity contribution < 1.29 is 19.0 Å². The Morgan fingerprint density at radius 1 is 1.27 bits per heavy atom. The van der Waals surface area contributed by atoms with E-state index in [9.17, 15) is 4.79 Å². The number of carbonyl (C=O) groups excluding carboxylic acids is 1. The van der Waals surface area contributed by atoms with Gasteiger partial charge in [-0.2, -0.15) is 0 Å². The summed E-state index contributed by atoms with van der Waals surface area (Å²) in [5.41, 5.74) is 2.38. The van der Waals surface area contributed by atoms with Gasteiger partial charge in [-0.3, -0.25) is 4.79 Å². The summed E-state index contributed by atoms with van der Waals surface area (Å²) < 4.78 is 17.0. The Bertz CT molecular complexity index is 1030. The van der Waals surface area contributed by atoms with Crippen molar-refractivity contribution in [3.8, 4) is 29.6 Å². The normalized spacial score (nSPS) is 16.7. The highest BCUT2D eigenvalue weighted by Crippen LogP contribution is 2.39. The molecule has 1 amide bonds. The quantitative estimate of drug-likeness (QED) is 0.445. The number of hydrogen-bond donors (Lipinski definition) is 2. The van der Waals surface area contributed by atoms with E-state index in [-0.39, 0.29) is 18.0 Å². The van der Waals surface area contributed by atoms with Crippen LogP contribution in [0.5, 0.6) is 17.2 Å². The van der Waals surface area contributed by atoms with Crippen LogP contribution in [0, 0.1) is 19.3 Å². The molecule has 6 nitrogen and oxygen atoms in total. The van der Waals surface area contributed by atoms with Crippen LogP contribution in [0.3, 0.4) is 0 Å². The first kappa shape index (κ1) is 21.9. The molecule has 1 heterocycles. The zero-order chi connectivity index (χ0) is 21.7. The van der Waals surface area contributed by atoms with Gasteiger partial charge in [0, 0.05) is 0 Å². The topological polar surface area (TPSA) is 68.8 Å². The number of carbonyl (C=O) groups is 1. The van der Waals surface area contributed by atoms with Gasteiger partial charge in [0.05, 0.1) is 29.3 Å². The van der Waals surface area contributed by atoms with Crippen LogP contribution >= 0.6 is 27.7 Å². The first-order valence-corrected chi connectivity index (χ1v) is 10.7. The van der Waals surface area contributed by atoms with Crippen LogP contribution in [0.2, 0.25) is 0 Å². The molecular weight excluding hydrogens is 468 g/mol. The maximum atomic E-state index is 12.5. The van der Waals surface area contributed by atoms with Crippen LogP contribution in [-0.2, 0) is 4.79 Å². The van der Waals surface area contributed by atoms with Crippen LogP contribution in [0.25, 0.3) is 6.08 Å². The molecule has 0 aromatic heterocycles. The largest absolute Gasteiger partial charge is 0.495 e. The fourth-order valence-corrected chi connectivity index (χ4v) is 4.42. The van der Waals surface area contributed by atoms with Gasteiger partial charge in [-0.15, -0.1) is 6.42 Å². The molecule has 1 aliphatic rings. The van der Waals surface area contributed by atoms with Gasteiger partial charge in [0.1, 0.15) is 12.4 Å². The third kappa shape index (κ3) is 5.04. The van der Waals surface area contributed by atoms with Crippen LogP contribution in [0.15, 0.2) is 39.7 Å². The second-order valence-corrected chi connectivity index (χ2v) is 8.36. The summed E-state index contributed by atoms with van der Waals surface area (Å²) >= 11 is 4.87. The predicted molar refractivity (Wildman–Crippen MR) is 124 cm³/mol. The van der Waals surface area contributed by atoms with E-state index in [4.69, 9.17) is 20.6 Å². The molecule has 1 saturated heterocycles. The van der Waals surface area contributed by atoms with Gasteiger partial charge in [0.25, 0.3) is 5.91 Å². The number of halogens is 1. The minimum atomic E-state index is -0.317. The van der Waals surface area contributed by atoms with Crippen LogP contribution in [0.1, 0.15) is 11.1 Å². The lowest BCUT2D eigenvalue weighted by Crippen LogP contribution is -2.31. The van der Waals surface area contributed by atoms with E-state index in [0.29, 0.717) is 26.6 Å². The summed E-state index contributed by atoms with van der Waals surface area (Å²) in [5, 5.41) is 6.23. The number of benzene rings is 2. The van der Waals surface area contributed by atoms with E-state index in [1.165, 1.54) is 11.8 Å². The number of methoxy groups -OCH3 is 2. The predicted octanol–water partition coefficient (Wildman–Crippen LogP) is 4.39. The van der Waals surface area contributed by atoms with Gasteiger partial charge in [-0.1, -0.05) is 23.7 Å². The van der Waals surface area contributed by atoms with Gasteiger partial charge in [0.2, 0.25) is 0 Å². The van der Waals surface area contributed by atoms with Crippen LogP contribution < -0.4 is 24.8 Å². The Hall–Kier alpha value is -2.76. The van der Waals surface area contributed by atoms with Crippen molar-refractivity contribution in [2.75, 3.05) is 26.1 Å². The first-order valence-electron chi connectivity index (χ1n) is 8.99. The number of amides is 1. The van der Waals surface area contributed by atoms with E-state index in [1.54, 1.807) is 26.4 Å². The molecule has 1 fully saturated rings. The average Bonchev–Trinajstić information content (AvgIpc) is 3.05. The molecule has 0 radical (unpaired) electrons. The second-order valence-electron chi connectivity index (χ2n) is 6.35. The third-order valence-electron chi connectivity index (χ3n) is 4.22. The van der Waals surface area contributed by atoms with Gasteiger partial charge < -0.3 is 24.8 Å². The minimum Gasteiger partial charge on any atom is -0.495 e. The van der Waals surface area contributed by atoms with Crippen molar-refractivity contribution >= 4 is 45.4 Å². The van der Waals surface area contributed by atoms with Gasteiger partial charge in [0.15, 0.2) is 17.0 Å². The molecule has 2 aromatic carbocycles. The molecule has 156 valence electrons. The highest BCUT2D eigenvalue weighted by Gasteiger charge is 2.28. The molecule has 2 N–H and O–H groups in total. The number of nitrogens with one attached hydrogen (secondary N) is 2. The van der Waals surface area contributed by atoms with Crippen molar-refractivity contribution in [2.24, 2.45) is 0 Å². The Balaban J connectivity index is 1.80. The maximum absolute atomic E-state index is 12.5. The SMILES string of the molecule is C#CCOc1c(Br)cc(/C=C2\SC(Nc3cc(C)ccc3OC)NC2=O)cc1OC. The number of aryl methyl sites for hydroxylation is 1. The maximum Gasteiger partial charge on any atom is 0.260 e. The van der Waals surface area contributed by atoms with Crippen molar-refractivity contribution in [3.05, 3.63) is 50.8 Å². The zero-order valence-corrected chi connectivity index (χ0v) is 19.1. The lowest BCUT2D eigenvalue weighted by atomic mass is 10.2.